The summed E-state index contributed by atoms with van der Waals surface area (Å²) in [5.41, 5.74) is 8.59. The molecule has 0 amide bonds. The molecule has 3 heterocycles. The van der Waals surface area contributed by atoms with Gasteiger partial charge in [-0.25, -0.2) is 9.37 Å². The Balaban J connectivity index is 1.48. The summed E-state index contributed by atoms with van der Waals surface area (Å²) < 4.78 is 13.3. The van der Waals surface area contributed by atoms with Gasteiger partial charge in [0.15, 0.2) is 0 Å². The van der Waals surface area contributed by atoms with Crippen LogP contribution in [-0.2, 0) is 0 Å². The standard InChI is InChI=1S/C26H20FN5/c1-16-21(18-6-8-20(27)9-7-18)4-3-5-22(16)29-17(2)25-26-24(31-32-25)11-10-23(30-26)19-12-14-28-15-13-19/h3-15,29H,2H2,1H3,(H,31,32). The van der Waals surface area contributed by atoms with Gasteiger partial charge in [-0.1, -0.05) is 30.8 Å². The van der Waals surface area contributed by atoms with E-state index in [1.165, 1.54) is 12.1 Å². The van der Waals surface area contributed by atoms with Crippen molar-refractivity contribution in [1.82, 2.24) is 20.2 Å². The highest BCUT2D eigenvalue weighted by atomic mass is 19.1. The maximum Gasteiger partial charge on any atom is 0.134 e. The van der Waals surface area contributed by atoms with Gasteiger partial charge in [0.25, 0.3) is 0 Å². The molecule has 0 radical (unpaired) electrons. The molecule has 2 N–H and O–H groups in total. The lowest BCUT2D eigenvalue weighted by atomic mass is 9.99. The van der Waals surface area contributed by atoms with E-state index in [1.54, 1.807) is 24.5 Å². The van der Waals surface area contributed by atoms with Crippen molar-refractivity contribution < 1.29 is 4.39 Å². The van der Waals surface area contributed by atoms with Crippen molar-refractivity contribution in [2.45, 2.75) is 6.92 Å². The number of H-pyrrole nitrogens is 1. The molecule has 0 aliphatic rings. The number of anilines is 1. The van der Waals surface area contributed by atoms with Gasteiger partial charge in [0.1, 0.15) is 17.0 Å². The number of hydrogen-bond acceptors (Lipinski definition) is 4. The second kappa shape index (κ2) is 8.07. The Labute approximate surface area is 184 Å². The summed E-state index contributed by atoms with van der Waals surface area (Å²) in [5, 5.41) is 10.9. The number of nitrogens with one attached hydrogen (secondary N) is 2. The van der Waals surface area contributed by atoms with Crippen molar-refractivity contribution in [3.63, 3.8) is 0 Å². The highest BCUT2D eigenvalue weighted by Crippen LogP contribution is 2.31. The van der Waals surface area contributed by atoms with Gasteiger partial charge >= 0.3 is 0 Å². The molecule has 5 nitrogen and oxygen atoms in total. The number of pyridine rings is 2. The minimum absolute atomic E-state index is 0.252. The van der Waals surface area contributed by atoms with Crippen LogP contribution in [0, 0.1) is 12.7 Å². The van der Waals surface area contributed by atoms with E-state index in [9.17, 15) is 4.39 Å². The summed E-state index contributed by atoms with van der Waals surface area (Å²) in [5.74, 6) is -0.252. The molecule has 32 heavy (non-hydrogen) atoms. The Morgan fingerprint density at radius 3 is 2.50 bits per heavy atom. The first kappa shape index (κ1) is 19.6. The number of benzene rings is 2. The molecule has 156 valence electrons. The van der Waals surface area contributed by atoms with Gasteiger partial charge in [0.2, 0.25) is 0 Å². The number of hydrogen-bond donors (Lipinski definition) is 2. The number of halogens is 1. The van der Waals surface area contributed by atoms with Gasteiger partial charge < -0.3 is 5.32 Å². The lowest BCUT2D eigenvalue weighted by Gasteiger charge is -2.14. The predicted molar refractivity (Wildman–Crippen MR) is 126 cm³/mol. The fourth-order valence-electron chi connectivity index (χ4n) is 3.73. The molecule has 5 rings (SSSR count). The van der Waals surface area contributed by atoms with Gasteiger partial charge in [0, 0.05) is 23.6 Å². The lowest BCUT2D eigenvalue weighted by molar-refractivity contribution is 0.628. The Kier molecular flexibility index (Phi) is 4.95. The Bertz CT molecular complexity index is 1420. The third kappa shape index (κ3) is 3.63. The molecule has 5 aromatic rings. The molecule has 0 spiro atoms. The van der Waals surface area contributed by atoms with Crippen LogP contribution in [0.1, 0.15) is 11.3 Å². The van der Waals surface area contributed by atoms with Crippen molar-refractivity contribution in [2.24, 2.45) is 0 Å². The quantitative estimate of drug-likeness (QED) is 0.354. The van der Waals surface area contributed by atoms with Crippen LogP contribution in [0.5, 0.6) is 0 Å². The first-order valence-corrected chi connectivity index (χ1v) is 10.2. The van der Waals surface area contributed by atoms with E-state index < -0.39 is 0 Å². The molecule has 0 bridgehead atoms. The zero-order valence-corrected chi connectivity index (χ0v) is 17.4. The van der Waals surface area contributed by atoms with E-state index in [4.69, 9.17) is 4.98 Å². The van der Waals surface area contributed by atoms with Crippen molar-refractivity contribution >= 4 is 22.4 Å². The molecular weight excluding hydrogens is 401 g/mol. The second-order valence-electron chi connectivity index (χ2n) is 7.49. The molecule has 6 heteroatoms. The molecule has 3 aromatic heterocycles. The summed E-state index contributed by atoms with van der Waals surface area (Å²) in [6, 6.07) is 20.2. The molecule has 0 saturated carbocycles. The number of fused-ring (bicyclic) bond motifs is 1. The van der Waals surface area contributed by atoms with Crippen LogP contribution in [0.3, 0.4) is 0 Å². The van der Waals surface area contributed by atoms with Gasteiger partial charge in [-0.05, 0) is 66.1 Å². The van der Waals surface area contributed by atoms with Crippen molar-refractivity contribution in [3.05, 3.63) is 103 Å². The van der Waals surface area contributed by atoms with E-state index in [0.717, 1.165) is 44.7 Å². The van der Waals surface area contributed by atoms with Crippen LogP contribution < -0.4 is 5.32 Å². The zero-order valence-electron chi connectivity index (χ0n) is 17.4. The van der Waals surface area contributed by atoms with Crippen LogP contribution >= 0.6 is 0 Å². The SMILES string of the molecule is C=C(Nc1cccc(-c2ccc(F)cc2)c1C)c1n[nH]c2ccc(-c3ccncc3)nc12. The Morgan fingerprint density at radius 2 is 1.72 bits per heavy atom. The maximum absolute atomic E-state index is 13.3. The monoisotopic (exact) mass is 421 g/mol. The summed E-state index contributed by atoms with van der Waals surface area (Å²) in [6.07, 6.45) is 3.49. The Hall–Kier alpha value is -4.32. The van der Waals surface area contributed by atoms with Gasteiger partial charge in [0.05, 0.1) is 16.9 Å². The van der Waals surface area contributed by atoms with Crippen LogP contribution in [0.25, 0.3) is 39.1 Å². The topological polar surface area (TPSA) is 66.5 Å². The van der Waals surface area contributed by atoms with Gasteiger partial charge in [-0.15, -0.1) is 0 Å². The third-order valence-corrected chi connectivity index (χ3v) is 5.44. The Morgan fingerprint density at radius 1 is 0.938 bits per heavy atom. The normalized spacial score (nSPS) is 10.9. The molecule has 0 saturated heterocycles. The highest BCUT2D eigenvalue weighted by Gasteiger charge is 2.14. The van der Waals surface area contributed by atoms with Crippen LogP contribution in [-0.4, -0.2) is 20.2 Å². The fraction of sp³-hybridized carbons (Fsp3) is 0.0385. The second-order valence-corrected chi connectivity index (χ2v) is 7.49. The largest absolute Gasteiger partial charge is 0.354 e. The smallest absolute Gasteiger partial charge is 0.134 e. The van der Waals surface area contributed by atoms with E-state index in [1.807, 2.05) is 49.4 Å². The fourth-order valence-corrected chi connectivity index (χ4v) is 3.73. The van der Waals surface area contributed by atoms with Crippen molar-refractivity contribution in [3.8, 4) is 22.4 Å². The molecule has 0 atom stereocenters. The number of rotatable bonds is 5. The zero-order chi connectivity index (χ0) is 22.1. The first-order chi connectivity index (χ1) is 15.6. The molecule has 0 unspecified atom stereocenters. The van der Waals surface area contributed by atoms with E-state index in [2.05, 4.69) is 27.1 Å². The van der Waals surface area contributed by atoms with Gasteiger partial charge in [-0.3, -0.25) is 10.1 Å². The summed E-state index contributed by atoms with van der Waals surface area (Å²) in [7, 11) is 0. The summed E-state index contributed by atoms with van der Waals surface area (Å²) in [6.45, 7) is 6.23. The minimum atomic E-state index is -0.252. The average Bonchev–Trinajstić information content (AvgIpc) is 3.25. The molecular formula is C26H20FN5. The van der Waals surface area contributed by atoms with Crippen molar-refractivity contribution in [2.75, 3.05) is 5.32 Å². The summed E-state index contributed by atoms with van der Waals surface area (Å²) in [4.78, 5) is 8.87. The summed E-state index contributed by atoms with van der Waals surface area (Å²) >= 11 is 0. The van der Waals surface area contributed by atoms with E-state index in [-0.39, 0.29) is 5.82 Å². The number of aromatic nitrogens is 4. The lowest BCUT2D eigenvalue weighted by Crippen LogP contribution is -2.01. The molecule has 0 aliphatic heterocycles. The number of aromatic amines is 1. The van der Waals surface area contributed by atoms with Crippen LogP contribution in [0.15, 0.2) is 85.7 Å². The van der Waals surface area contributed by atoms with Crippen molar-refractivity contribution in [1.29, 1.82) is 0 Å². The van der Waals surface area contributed by atoms with E-state index in [0.29, 0.717) is 11.4 Å². The average molecular weight is 421 g/mol. The number of nitrogens with zero attached hydrogens (tertiary/aromatic N) is 3. The third-order valence-electron chi connectivity index (χ3n) is 5.44. The van der Waals surface area contributed by atoms with Crippen LogP contribution in [0.4, 0.5) is 10.1 Å². The predicted octanol–water partition coefficient (Wildman–Crippen LogP) is 6.22. The molecule has 2 aromatic carbocycles. The maximum atomic E-state index is 13.3. The van der Waals surface area contributed by atoms with Gasteiger partial charge in [-0.2, -0.15) is 5.10 Å². The van der Waals surface area contributed by atoms with E-state index >= 15 is 0 Å². The molecule has 0 aliphatic carbocycles. The minimum Gasteiger partial charge on any atom is -0.354 e. The first-order valence-electron chi connectivity index (χ1n) is 10.2. The highest BCUT2D eigenvalue weighted by molar-refractivity contribution is 5.92. The molecule has 0 fully saturated rings. The van der Waals surface area contributed by atoms with Crippen LogP contribution in [0.2, 0.25) is 0 Å².